The quantitative estimate of drug-likeness (QED) is 0.605. The van der Waals surface area contributed by atoms with E-state index in [4.69, 9.17) is 4.74 Å². The molecular weight excluding hydrogens is 306 g/mol. The van der Waals surface area contributed by atoms with Crippen LogP contribution in [0.25, 0.3) is 0 Å². The number of unbranched alkanes of at least 4 members (excludes halogenated alkanes) is 2. The minimum Gasteiger partial charge on any atom is -0.494 e. The molecular formula is C18H21N3O3. The first-order chi connectivity index (χ1) is 11.7. The van der Waals surface area contributed by atoms with Crippen LogP contribution in [0.4, 0.5) is 0 Å². The van der Waals surface area contributed by atoms with Gasteiger partial charge in [0.15, 0.2) is 0 Å². The zero-order chi connectivity index (χ0) is 17.2. The summed E-state index contributed by atoms with van der Waals surface area (Å²) in [6, 6.07) is 11.7. The first-order valence-electron chi connectivity index (χ1n) is 7.95. The van der Waals surface area contributed by atoms with Gasteiger partial charge in [-0.05, 0) is 42.8 Å². The van der Waals surface area contributed by atoms with E-state index >= 15 is 0 Å². The maximum Gasteiger partial charge on any atom is 0.288 e. The van der Waals surface area contributed by atoms with E-state index in [0.717, 1.165) is 25.0 Å². The molecule has 0 aliphatic rings. The molecule has 0 unspecified atom stereocenters. The fourth-order valence-electron chi connectivity index (χ4n) is 1.99. The average Bonchev–Trinajstić information content (AvgIpc) is 2.64. The van der Waals surface area contributed by atoms with Gasteiger partial charge in [0.1, 0.15) is 11.4 Å². The van der Waals surface area contributed by atoms with Crippen molar-refractivity contribution >= 4 is 11.8 Å². The highest BCUT2D eigenvalue weighted by Gasteiger charge is 2.09. The molecule has 2 amide bonds. The van der Waals surface area contributed by atoms with Gasteiger partial charge in [-0.1, -0.05) is 25.8 Å². The highest BCUT2D eigenvalue weighted by atomic mass is 16.5. The molecule has 0 bridgehead atoms. The van der Waals surface area contributed by atoms with E-state index < -0.39 is 11.8 Å². The Balaban J connectivity index is 1.81. The number of hydrogen-bond acceptors (Lipinski definition) is 4. The van der Waals surface area contributed by atoms with Crippen LogP contribution in [-0.2, 0) is 0 Å². The molecule has 0 radical (unpaired) electrons. The molecule has 2 rings (SSSR count). The molecule has 0 aliphatic carbocycles. The Labute approximate surface area is 141 Å². The monoisotopic (exact) mass is 327 g/mol. The van der Waals surface area contributed by atoms with Crippen LogP contribution in [0.15, 0.2) is 48.7 Å². The van der Waals surface area contributed by atoms with Crippen molar-refractivity contribution in [3.63, 3.8) is 0 Å². The van der Waals surface area contributed by atoms with Crippen LogP contribution in [0.3, 0.4) is 0 Å². The van der Waals surface area contributed by atoms with E-state index in [1.54, 1.807) is 42.5 Å². The molecule has 0 spiro atoms. The summed E-state index contributed by atoms with van der Waals surface area (Å²) < 4.78 is 5.59. The standard InChI is InChI=1S/C18H21N3O3/c1-2-3-6-13-24-15-10-8-14(9-11-15)17(22)20-21-18(23)16-7-4-5-12-19-16/h4-5,7-12H,2-3,6,13H2,1H3,(H,20,22)(H,21,23). The third-order valence-electron chi connectivity index (χ3n) is 3.32. The molecule has 1 aromatic heterocycles. The third kappa shape index (κ3) is 5.39. The van der Waals surface area contributed by atoms with Gasteiger partial charge in [0, 0.05) is 11.8 Å². The predicted molar refractivity (Wildman–Crippen MR) is 90.6 cm³/mol. The molecule has 6 nitrogen and oxygen atoms in total. The van der Waals surface area contributed by atoms with Gasteiger partial charge in [-0.15, -0.1) is 0 Å². The summed E-state index contributed by atoms with van der Waals surface area (Å²) in [4.78, 5) is 27.7. The molecule has 2 aromatic rings. The minimum absolute atomic E-state index is 0.230. The highest BCUT2D eigenvalue weighted by Crippen LogP contribution is 2.12. The molecule has 0 saturated heterocycles. The van der Waals surface area contributed by atoms with Crippen molar-refractivity contribution in [3.8, 4) is 5.75 Å². The highest BCUT2D eigenvalue weighted by molar-refractivity contribution is 5.98. The van der Waals surface area contributed by atoms with Crippen molar-refractivity contribution in [2.45, 2.75) is 26.2 Å². The lowest BCUT2D eigenvalue weighted by atomic mass is 10.2. The first-order valence-corrected chi connectivity index (χ1v) is 7.95. The molecule has 24 heavy (non-hydrogen) atoms. The van der Waals surface area contributed by atoms with E-state index in [1.165, 1.54) is 6.20 Å². The second-order valence-electron chi connectivity index (χ2n) is 5.20. The number of nitrogens with zero attached hydrogens (tertiary/aromatic N) is 1. The molecule has 1 heterocycles. The Hall–Kier alpha value is -2.89. The Morgan fingerprint density at radius 2 is 1.75 bits per heavy atom. The van der Waals surface area contributed by atoms with Crippen molar-refractivity contribution in [1.29, 1.82) is 0 Å². The topological polar surface area (TPSA) is 80.3 Å². The molecule has 126 valence electrons. The Bertz CT molecular complexity index is 657. The maximum absolute atomic E-state index is 12.0. The number of ether oxygens (including phenoxy) is 1. The van der Waals surface area contributed by atoms with Crippen molar-refractivity contribution < 1.29 is 14.3 Å². The summed E-state index contributed by atoms with van der Waals surface area (Å²) in [5.41, 5.74) is 5.34. The molecule has 2 N–H and O–H groups in total. The normalized spacial score (nSPS) is 10.0. The smallest absolute Gasteiger partial charge is 0.288 e. The summed E-state index contributed by atoms with van der Waals surface area (Å²) in [7, 11) is 0. The van der Waals surface area contributed by atoms with E-state index in [-0.39, 0.29) is 5.69 Å². The number of nitrogens with one attached hydrogen (secondary N) is 2. The molecule has 0 saturated carbocycles. The maximum atomic E-state index is 12.0. The first kappa shape index (κ1) is 17.5. The Kier molecular flexibility index (Phi) is 6.76. The van der Waals surface area contributed by atoms with Crippen LogP contribution in [0.2, 0.25) is 0 Å². The lowest BCUT2D eigenvalue weighted by Crippen LogP contribution is -2.41. The SMILES string of the molecule is CCCCCOc1ccc(C(=O)NNC(=O)c2ccccn2)cc1. The van der Waals surface area contributed by atoms with Crippen LogP contribution < -0.4 is 15.6 Å². The molecule has 1 aromatic carbocycles. The number of hydrazine groups is 1. The zero-order valence-corrected chi connectivity index (χ0v) is 13.6. The van der Waals surface area contributed by atoms with Gasteiger partial charge in [0.2, 0.25) is 0 Å². The van der Waals surface area contributed by atoms with Gasteiger partial charge < -0.3 is 4.74 Å². The fourth-order valence-corrected chi connectivity index (χ4v) is 1.99. The number of hydrogen-bond donors (Lipinski definition) is 2. The van der Waals surface area contributed by atoms with Crippen LogP contribution in [0.1, 0.15) is 47.0 Å². The summed E-state index contributed by atoms with van der Waals surface area (Å²) in [6.45, 7) is 2.81. The second kappa shape index (κ2) is 9.29. The van der Waals surface area contributed by atoms with Crippen molar-refractivity contribution in [1.82, 2.24) is 15.8 Å². The van der Waals surface area contributed by atoms with Gasteiger partial charge in [0.25, 0.3) is 11.8 Å². The largest absolute Gasteiger partial charge is 0.494 e. The number of benzene rings is 1. The predicted octanol–water partition coefficient (Wildman–Crippen LogP) is 2.73. The zero-order valence-electron chi connectivity index (χ0n) is 13.6. The van der Waals surface area contributed by atoms with Crippen LogP contribution in [0, 0.1) is 0 Å². The van der Waals surface area contributed by atoms with Gasteiger partial charge in [-0.25, -0.2) is 0 Å². The fraction of sp³-hybridized carbons (Fsp3) is 0.278. The number of pyridine rings is 1. The number of aromatic nitrogens is 1. The van der Waals surface area contributed by atoms with Gasteiger partial charge in [-0.3, -0.25) is 25.4 Å². The molecule has 0 fully saturated rings. The minimum atomic E-state index is -0.472. The summed E-state index contributed by atoms with van der Waals surface area (Å²) in [5.74, 6) is -0.156. The lowest BCUT2D eigenvalue weighted by Gasteiger charge is -2.08. The Morgan fingerprint density at radius 1 is 1.00 bits per heavy atom. The Morgan fingerprint density at radius 3 is 2.42 bits per heavy atom. The summed E-state index contributed by atoms with van der Waals surface area (Å²) in [6.07, 6.45) is 4.80. The number of rotatable bonds is 7. The third-order valence-corrected chi connectivity index (χ3v) is 3.32. The van der Waals surface area contributed by atoms with Crippen LogP contribution in [-0.4, -0.2) is 23.4 Å². The van der Waals surface area contributed by atoms with E-state index in [0.29, 0.717) is 12.2 Å². The van der Waals surface area contributed by atoms with Crippen LogP contribution in [0.5, 0.6) is 5.75 Å². The average molecular weight is 327 g/mol. The number of carbonyl (C=O) groups excluding carboxylic acids is 2. The lowest BCUT2D eigenvalue weighted by molar-refractivity contribution is 0.0844. The van der Waals surface area contributed by atoms with Crippen molar-refractivity contribution in [2.24, 2.45) is 0 Å². The molecule has 0 atom stereocenters. The van der Waals surface area contributed by atoms with Gasteiger partial charge in [-0.2, -0.15) is 0 Å². The summed E-state index contributed by atoms with van der Waals surface area (Å²) >= 11 is 0. The van der Waals surface area contributed by atoms with E-state index in [2.05, 4.69) is 22.8 Å². The van der Waals surface area contributed by atoms with E-state index in [9.17, 15) is 9.59 Å². The van der Waals surface area contributed by atoms with E-state index in [1.807, 2.05) is 0 Å². The molecule has 0 aliphatic heterocycles. The molecule has 6 heteroatoms. The van der Waals surface area contributed by atoms with Crippen molar-refractivity contribution in [2.75, 3.05) is 6.61 Å². The second-order valence-corrected chi connectivity index (χ2v) is 5.20. The summed E-state index contributed by atoms with van der Waals surface area (Å²) in [5, 5.41) is 0. The number of amides is 2. The van der Waals surface area contributed by atoms with Gasteiger partial charge in [0.05, 0.1) is 6.61 Å². The van der Waals surface area contributed by atoms with Gasteiger partial charge >= 0.3 is 0 Å². The van der Waals surface area contributed by atoms with Crippen molar-refractivity contribution in [3.05, 3.63) is 59.9 Å². The van der Waals surface area contributed by atoms with Crippen LogP contribution >= 0.6 is 0 Å². The number of carbonyl (C=O) groups is 2.